The van der Waals surface area contributed by atoms with E-state index in [9.17, 15) is 8.42 Å². The van der Waals surface area contributed by atoms with Gasteiger partial charge in [-0.2, -0.15) is 8.42 Å². The minimum atomic E-state index is -4.12. The van der Waals surface area contributed by atoms with Crippen LogP contribution in [-0.4, -0.2) is 25.0 Å². The molecule has 0 aromatic carbocycles. The molecule has 0 rings (SSSR count). The smallest absolute Gasteiger partial charge is 0.296 e. The van der Waals surface area contributed by atoms with E-state index in [0.717, 1.165) is 6.08 Å². The predicted octanol–water partition coefficient (Wildman–Crippen LogP) is 0.423. The van der Waals surface area contributed by atoms with Crippen LogP contribution in [0.25, 0.3) is 0 Å². The van der Waals surface area contributed by atoms with E-state index in [4.69, 9.17) is 4.55 Å². The van der Waals surface area contributed by atoms with Crippen LogP contribution in [0.1, 0.15) is 6.92 Å². The molecule has 0 heterocycles. The highest BCUT2D eigenvalue weighted by Crippen LogP contribution is 2.00. The van der Waals surface area contributed by atoms with Crippen molar-refractivity contribution in [3.8, 4) is 0 Å². The fourth-order valence-corrected chi connectivity index (χ4v) is 0.991. The quantitative estimate of drug-likeness (QED) is 0.485. The molecule has 0 spiro atoms. The Bertz CT molecular complexity index is 194. The molecule has 0 aromatic rings. The minimum Gasteiger partial charge on any atom is -0.356 e. The summed E-state index contributed by atoms with van der Waals surface area (Å²) in [7, 11) is -4.12. The number of ether oxygens (including phenoxy) is 1. The third-order valence-corrected chi connectivity index (χ3v) is 1.73. The normalized spacial score (nSPS) is 14.6. The fourth-order valence-electron chi connectivity index (χ4n) is 0.440. The maximum absolute atomic E-state index is 10.3. The van der Waals surface area contributed by atoms with Crippen molar-refractivity contribution >= 4 is 10.1 Å². The van der Waals surface area contributed by atoms with Gasteiger partial charge in [0.25, 0.3) is 10.1 Å². The lowest BCUT2D eigenvalue weighted by atomic mass is 10.7. The van der Waals surface area contributed by atoms with Gasteiger partial charge in [-0.25, -0.2) is 0 Å². The van der Waals surface area contributed by atoms with E-state index in [1.807, 2.05) is 0 Å². The van der Waals surface area contributed by atoms with Crippen molar-refractivity contribution in [3.63, 3.8) is 0 Å². The summed E-state index contributed by atoms with van der Waals surface area (Å²) in [6.45, 7) is 5.03. The van der Waals surface area contributed by atoms with E-state index in [2.05, 4.69) is 11.3 Å². The maximum Gasteiger partial charge on any atom is 0.296 e. The molecule has 0 bridgehead atoms. The predicted molar refractivity (Wildman–Crippen MR) is 37.2 cm³/mol. The molecule has 60 valence electrons. The molecule has 0 amide bonds. The molecule has 0 aliphatic heterocycles. The molecule has 0 aromatic heterocycles. The third-order valence-electron chi connectivity index (χ3n) is 0.817. The fraction of sp³-hybridized carbons (Fsp3) is 0.600. The summed E-state index contributed by atoms with van der Waals surface area (Å²) in [5, 5.41) is 0. The van der Waals surface area contributed by atoms with E-state index in [1.165, 1.54) is 0 Å². The lowest BCUT2D eigenvalue weighted by Gasteiger charge is -2.07. The van der Waals surface area contributed by atoms with Crippen molar-refractivity contribution in [1.82, 2.24) is 0 Å². The first-order valence-electron chi connectivity index (χ1n) is 2.72. The molecular formula is C5H10O4S. The third kappa shape index (κ3) is 2.95. The van der Waals surface area contributed by atoms with Gasteiger partial charge >= 0.3 is 0 Å². The minimum absolute atomic E-state index is 0.219. The lowest BCUT2D eigenvalue weighted by Crippen LogP contribution is -2.20. The zero-order chi connectivity index (χ0) is 8.20. The van der Waals surface area contributed by atoms with Crippen molar-refractivity contribution in [2.75, 3.05) is 6.61 Å². The molecule has 10 heavy (non-hydrogen) atoms. The van der Waals surface area contributed by atoms with Crippen molar-refractivity contribution in [2.24, 2.45) is 0 Å². The number of rotatable bonds is 4. The van der Waals surface area contributed by atoms with Crippen LogP contribution in [0.2, 0.25) is 0 Å². The van der Waals surface area contributed by atoms with Crippen LogP contribution in [0.3, 0.4) is 0 Å². The van der Waals surface area contributed by atoms with Gasteiger partial charge < -0.3 is 4.74 Å². The van der Waals surface area contributed by atoms with Crippen molar-refractivity contribution in [3.05, 3.63) is 12.7 Å². The molecule has 0 fully saturated rings. The van der Waals surface area contributed by atoms with E-state index in [0.29, 0.717) is 0 Å². The zero-order valence-corrected chi connectivity index (χ0v) is 6.47. The Morgan fingerprint density at radius 2 is 2.30 bits per heavy atom. The van der Waals surface area contributed by atoms with Crippen LogP contribution in [0.4, 0.5) is 0 Å². The molecule has 5 heteroatoms. The molecule has 1 unspecified atom stereocenters. The highest BCUT2D eigenvalue weighted by atomic mass is 32.2. The molecule has 0 saturated carbocycles. The standard InChI is InChI=1S/C5H10O4S/c1-3-5(9-4-2)10(6,7)8/h3,5H,1,4H2,2H3,(H,6,7,8). The van der Waals surface area contributed by atoms with Crippen molar-refractivity contribution in [2.45, 2.75) is 12.4 Å². The molecule has 1 atom stereocenters. The van der Waals surface area contributed by atoms with Crippen LogP contribution >= 0.6 is 0 Å². The van der Waals surface area contributed by atoms with Gasteiger partial charge in [-0.1, -0.05) is 6.58 Å². The van der Waals surface area contributed by atoms with Crippen LogP contribution in [0, 0.1) is 0 Å². The molecule has 4 nitrogen and oxygen atoms in total. The van der Waals surface area contributed by atoms with E-state index >= 15 is 0 Å². The molecule has 0 saturated heterocycles. The van der Waals surface area contributed by atoms with E-state index in [1.54, 1.807) is 6.92 Å². The average molecular weight is 166 g/mol. The molecular weight excluding hydrogens is 156 g/mol. The van der Waals surface area contributed by atoms with Gasteiger partial charge in [0.2, 0.25) is 5.44 Å². The summed E-state index contributed by atoms with van der Waals surface area (Å²) < 4.78 is 33.6. The monoisotopic (exact) mass is 166 g/mol. The zero-order valence-electron chi connectivity index (χ0n) is 5.65. The van der Waals surface area contributed by atoms with E-state index in [-0.39, 0.29) is 6.61 Å². The van der Waals surface area contributed by atoms with Crippen molar-refractivity contribution in [1.29, 1.82) is 0 Å². The summed E-state index contributed by atoms with van der Waals surface area (Å²) in [6, 6.07) is 0. The van der Waals surface area contributed by atoms with Crippen LogP contribution < -0.4 is 0 Å². The Hall–Kier alpha value is -0.390. The second-order valence-corrected chi connectivity index (χ2v) is 3.07. The maximum atomic E-state index is 10.3. The van der Waals surface area contributed by atoms with Gasteiger partial charge in [-0.15, -0.1) is 0 Å². The molecule has 1 N–H and O–H groups in total. The summed E-state index contributed by atoms with van der Waals surface area (Å²) in [5.74, 6) is 0. The average Bonchev–Trinajstić information content (AvgIpc) is 1.80. The van der Waals surface area contributed by atoms with Crippen LogP contribution in [0.5, 0.6) is 0 Å². The Labute approximate surface area is 60.3 Å². The lowest BCUT2D eigenvalue weighted by molar-refractivity contribution is 0.140. The topological polar surface area (TPSA) is 63.6 Å². The first-order chi connectivity index (χ1) is 4.52. The first-order valence-corrected chi connectivity index (χ1v) is 4.23. The second-order valence-electron chi connectivity index (χ2n) is 1.57. The van der Waals surface area contributed by atoms with Gasteiger partial charge in [-0.05, 0) is 13.0 Å². The Morgan fingerprint density at radius 3 is 2.40 bits per heavy atom. The molecule has 0 aliphatic carbocycles. The number of hydrogen-bond donors (Lipinski definition) is 1. The van der Waals surface area contributed by atoms with Gasteiger partial charge in [0.15, 0.2) is 0 Å². The summed E-state index contributed by atoms with van der Waals surface area (Å²) in [4.78, 5) is 0. The summed E-state index contributed by atoms with van der Waals surface area (Å²) in [5.41, 5.74) is -1.29. The van der Waals surface area contributed by atoms with Gasteiger partial charge in [0.05, 0.1) is 0 Å². The summed E-state index contributed by atoms with van der Waals surface area (Å²) in [6.07, 6.45) is 1.03. The highest BCUT2D eigenvalue weighted by Gasteiger charge is 2.18. The van der Waals surface area contributed by atoms with Crippen LogP contribution in [0.15, 0.2) is 12.7 Å². The van der Waals surface area contributed by atoms with Gasteiger partial charge in [0.1, 0.15) is 0 Å². The highest BCUT2D eigenvalue weighted by molar-refractivity contribution is 7.86. The summed E-state index contributed by atoms with van der Waals surface area (Å²) >= 11 is 0. The van der Waals surface area contributed by atoms with Gasteiger partial charge in [-0.3, -0.25) is 4.55 Å². The molecule has 0 aliphatic rings. The Balaban J connectivity index is 4.22. The van der Waals surface area contributed by atoms with E-state index < -0.39 is 15.6 Å². The Kier molecular flexibility index (Phi) is 3.55. The largest absolute Gasteiger partial charge is 0.356 e. The number of hydrogen-bond acceptors (Lipinski definition) is 3. The Morgan fingerprint density at radius 1 is 1.80 bits per heavy atom. The first kappa shape index (κ1) is 9.61. The van der Waals surface area contributed by atoms with Crippen LogP contribution in [-0.2, 0) is 14.9 Å². The SMILES string of the molecule is C=CC(OCC)S(=O)(=O)O. The van der Waals surface area contributed by atoms with Gasteiger partial charge in [0, 0.05) is 6.61 Å². The molecule has 0 radical (unpaired) electrons. The second kappa shape index (κ2) is 3.70. The van der Waals surface area contributed by atoms with Crippen molar-refractivity contribution < 1.29 is 17.7 Å².